The molecular formula is C37H51N7O7S. The highest BCUT2D eigenvalue weighted by Crippen LogP contribution is 2.11. The molecule has 52 heavy (non-hydrogen) atoms. The lowest BCUT2D eigenvalue weighted by molar-refractivity contribution is -0.135. The molecule has 0 unspecified atom stereocenters. The number of carbonyl (C=O) groups is 7. The predicted octanol–water partition coefficient (Wildman–Crippen LogP) is 0.351. The van der Waals surface area contributed by atoms with E-state index in [4.69, 9.17) is 0 Å². The van der Waals surface area contributed by atoms with Crippen LogP contribution in [0.2, 0.25) is 0 Å². The fraction of sp³-hybridized carbons (Fsp3) is 0.486. The van der Waals surface area contributed by atoms with Gasteiger partial charge in [0.15, 0.2) is 0 Å². The number of carbonyl (C=O) groups excluding carboxylic acids is 7. The first-order chi connectivity index (χ1) is 24.9. The van der Waals surface area contributed by atoms with E-state index in [2.05, 4.69) is 37.2 Å². The first kappa shape index (κ1) is 41.7. The van der Waals surface area contributed by atoms with Crippen molar-refractivity contribution in [3.05, 3.63) is 71.8 Å². The summed E-state index contributed by atoms with van der Waals surface area (Å²) in [5.74, 6) is -3.16. The number of imide groups is 1. The number of thioether (sulfide) groups is 1. The number of hydrogen-bond donors (Lipinski definition) is 7. The Bertz CT molecular complexity index is 1530. The van der Waals surface area contributed by atoms with Crippen molar-refractivity contribution in [3.63, 3.8) is 0 Å². The number of amides is 7. The van der Waals surface area contributed by atoms with E-state index in [-0.39, 0.29) is 43.4 Å². The van der Waals surface area contributed by atoms with E-state index in [1.54, 1.807) is 55.6 Å². The standard InChI is InChI=1S/C37H51N7O7S/c1-23(2)19-28(38-3)36(50)41-27(17-18-52-4)35(49)44-32(46)22-39-33(47)29(20-24-11-7-5-8-12-24)42-37(51)30(21-25-13-9-6-10-14-25)43-34(48)26-15-16-31(45)40-26/h5-14,23,26-30,38H,15-22H2,1-4H3,(H,39,47)(H,40,45)(H,41,50)(H,42,51)(H,43,48)(H,44,46,49)/t26-,27-,28-,29-,30-/m0/s1. The van der Waals surface area contributed by atoms with Crippen molar-refractivity contribution in [2.75, 3.05) is 25.6 Å². The van der Waals surface area contributed by atoms with Crippen molar-refractivity contribution in [2.45, 2.75) is 82.6 Å². The Hall–Kier alpha value is -4.76. The topological polar surface area (TPSA) is 204 Å². The molecule has 5 atom stereocenters. The minimum Gasteiger partial charge on any atom is -0.345 e. The molecule has 3 rings (SSSR count). The van der Waals surface area contributed by atoms with Crippen molar-refractivity contribution in [2.24, 2.45) is 5.92 Å². The number of likely N-dealkylation sites (N-methyl/N-ethyl adjacent to an activating group) is 1. The second-order valence-electron chi connectivity index (χ2n) is 13.1. The van der Waals surface area contributed by atoms with Gasteiger partial charge in [0.1, 0.15) is 24.2 Å². The van der Waals surface area contributed by atoms with Crippen molar-refractivity contribution in [1.82, 2.24) is 37.2 Å². The van der Waals surface area contributed by atoms with Gasteiger partial charge in [0, 0.05) is 19.3 Å². The monoisotopic (exact) mass is 737 g/mol. The Labute approximate surface area is 309 Å². The highest BCUT2D eigenvalue weighted by atomic mass is 32.2. The smallest absolute Gasteiger partial charge is 0.249 e. The van der Waals surface area contributed by atoms with Gasteiger partial charge in [-0.05, 0) is 55.4 Å². The molecule has 1 saturated heterocycles. The molecule has 0 aromatic heterocycles. The van der Waals surface area contributed by atoms with Gasteiger partial charge in [-0.2, -0.15) is 11.8 Å². The predicted molar refractivity (Wildman–Crippen MR) is 199 cm³/mol. The zero-order valence-electron chi connectivity index (χ0n) is 30.2. The first-order valence-corrected chi connectivity index (χ1v) is 18.8. The van der Waals surface area contributed by atoms with Gasteiger partial charge in [-0.3, -0.25) is 38.9 Å². The Morgan fingerprint density at radius 2 is 1.33 bits per heavy atom. The zero-order valence-corrected chi connectivity index (χ0v) is 31.0. The fourth-order valence-corrected chi connectivity index (χ4v) is 6.11. The maximum absolute atomic E-state index is 13.8. The van der Waals surface area contributed by atoms with E-state index in [1.807, 2.05) is 32.2 Å². The third kappa shape index (κ3) is 14.1. The third-order valence-corrected chi connectivity index (χ3v) is 9.09. The van der Waals surface area contributed by atoms with Crippen LogP contribution in [0.25, 0.3) is 0 Å². The van der Waals surface area contributed by atoms with E-state index >= 15 is 0 Å². The highest BCUT2D eigenvalue weighted by molar-refractivity contribution is 7.98. The molecule has 2 aromatic carbocycles. The first-order valence-electron chi connectivity index (χ1n) is 17.5. The van der Waals surface area contributed by atoms with Crippen molar-refractivity contribution in [3.8, 4) is 0 Å². The van der Waals surface area contributed by atoms with Crippen LogP contribution in [0.4, 0.5) is 0 Å². The number of benzene rings is 2. The van der Waals surface area contributed by atoms with Gasteiger partial charge >= 0.3 is 0 Å². The maximum Gasteiger partial charge on any atom is 0.249 e. The summed E-state index contributed by atoms with van der Waals surface area (Å²) in [5, 5.41) is 18.6. The van der Waals surface area contributed by atoms with Crippen LogP contribution in [0.15, 0.2) is 60.7 Å². The van der Waals surface area contributed by atoms with Crippen molar-refractivity contribution < 1.29 is 33.6 Å². The lowest BCUT2D eigenvalue weighted by Crippen LogP contribution is -2.57. The summed E-state index contributed by atoms with van der Waals surface area (Å²) in [5.41, 5.74) is 1.49. The summed E-state index contributed by atoms with van der Waals surface area (Å²) in [4.78, 5) is 91.0. The Morgan fingerprint density at radius 1 is 0.769 bits per heavy atom. The molecule has 7 amide bonds. The van der Waals surface area contributed by atoms with Gasteiger partial charge in [0.05, 0.1) is 12.6 Å². The van der Waals surface area contributed by atoms with E-state index in [0.29, 0.717) is 18.6 Å². The molecule has 1 heterocycles. The number of rotatable bonds is 20. The second kappa shape index (κ2) is 21.6. The van der Waals surface area contributed by atoms with Crippen LogP contribution in [0.1, 0.15) is 50.7 Å². The van der Waals surface area contributed by atoms with E-state index in [1.165, 1.54) is 11.8 Å². The zero-order chi connectivity index (χ0) is 38.0. The van der Waals surface area contributed by atoms with Gasteiger partial charge in [0.2, 0.25) is 41.4 Å². The largest absolute Gasteiger partial charge is 0.345 e. The quantitative estimate of drug-likeness (QED) is 0.100. The van der Waals surface area contributed by atoms with E-state index < -0.39 is 66.3 Å². The second-order valence-corrected chi connectivity index (χ2v) is 14.1. The molecule has 2 aromatic rings. The van der Waals surface area contributed by atoms with Crippen LogP contribution >= 0.6 is 11.8 Å². The molecule has 0 aliphatic carbocycles. The minimum atomic E-state index is -1.16. The van der Waals surface area contributed by atoms with Gasteiger partial charge in [-0.1, -0.05) is 74.5 Å². The molecule has 0 radical (unpaired) electrons. The highest BCUT2D eigenvalue weighted by Gasteiger charge is 2.33. The summed E-state index contributed by atoms with van der Waals surface area (Å²) in [7, 11) is 1.67. The Kier molecular flexibility index (Phi) is 17.3. The SMILES string of the molecule is CN[C@@H](CC(C)C)C(=O)N[C@@H](CCSC)C(=O)NC(=O)CNC(=O)[C@H](Cc1ccccc1)NC(=O)[C@H](Cc1ccccc1)NC(=O)[C@@H]1CCC(=O)N1. The van der Waals surface area contributed by atoms with E-state index in [0.717, 1.165) is 11.1 Å². The summed E-state index contributed by atoms with van der Waals surface area (Å²) >= 11 is 1.49. The molecular weight excluding hydrogens is 687 g/mol. The Morgan fingerprint density at radius 3 is 1.85 bits per heavy atom. The van der Waals surface area contributed by atoms with E-state index in [9.17, 15) is 33.6 Å². The Balaban J connectivity index is 1.70. The van der Waals surface area contributed by atoms with Crippen LogP contribution < -0.4 is 37.2 Å². The molecule has 282 valence electrons. The molecule has 0 spiro atoms. The molecule has 1 aliphatic heterocycles. The van der Waals surface area contributed by atoms with Crippen LogP contribution in [0.3, 0.4) is 0 Å². The maximum atomic E-state index is 13.8. The average molecular weight is 738 g/mol. The molecule has 0 saturated carbocycles. The molecule has 14 nitrogen and oxygen atoms in total. The molecule has 1 fully saturated rings. The summed E-state index contributed by atoms with van der Waals surface area (Å²) in [6.07, 6.45) is 3.39. The molecule has 1 aliphatic rings. The van der Waals surface area contributed by atoms with Gasteiger partial charge < -0.3 is 31.9 Å². The van der Waals surface area contributed by atoms with Crippen LogP contribution in [0, 0.1) is 5.92 Å². The normalized spacial score (nSPS) is 16.1. The summed E-state index contributed by atoms with van der Waals surface area (Å²) in [6.45, 7) is 3.39. The lowest BCUT2D eigenvalue weighted by atomic mass is 10.0. The van der Waals surface area contributed by atoms with Gasteiger partial charge in [-0.15, -0.1) is 0 Å². The fourth-order valence-electron chi connectivity index (χ4n) is 5.64. The van der Waals surface area contributed by atoms with Crippen LogP contribution in [0.5, 0.6) is 0 Å². The van der Waals surface area contributed by atoms with Crippen LogP contribution in [-0.4, -0.2) is 97.2 Å². The van der Waals surface area contributed by atoms with Crippen molar-refractivity contribution in [1.29, 1.82) is 0 Å². The molecule has 7 N–H and O–H groups in total. The molecule has 15 heteroatoms. The lowest BCUT2D eigenvalue weighted by Gasteiger charge is -2.24. The minimum absolute atomic E-state index is 0.0649. The van der Waals surface area contributed by atoms with Gasteiger partial charge in [-0.25, -0.2) is 0 Å². The summed E-state index contributed by atoms with van der Waals surface area (Å²) in [6, 6.07) is 13.5. The third-order valence-electron chi connectivity index (χ3n) is 8.44. The van der Waals surface area contributed by atoms with Crippen molar-refractivity contribution >= 4 is 53.1 Å². The average Bonchev–Trinajstić information content (AvgIpc) is 3.57. The number of hydrogen-bond acceptors (Lipinski definition) is 9. The summed E-state index contributed by atoms with van der Waals surface area (Å²) < 4.78 is 0. The van der Waals surface area contributed by atoms with Crippen LogP contribution in [-0.2, 0) is 46.4 Å². The molecule has 0 bridgehead atoms. The number of nitrogens with one attached hydrogen (secondary N) is 7. The van der Waals surface area contributed by atoms with Gasteiger partial charge in [0.25, 0.3) is 0 Å².